The summed E-state index contributed by atoms with van der Waals surface area (Å²) in [5.74, 6) is 0.0874. The molecule has 46 heavy (non-hydrogen) atoms. The van der Waals surface area contributed by atoms with Gasteiger partial charge >= 0.3 is 0 Å². The number of carbonyl (C=O) groups excluding carboxylic acids is 3. The molecule has 2 N–H and O–H groups in total. The molecule has 9 nitrogen and oxygen atoms in total. The zero-order valence-corrected chi connectivity index (χ0v) is 28.1. The second kappa shape index (κ2) is 17.5. The van der Waals surface area contributed by atoms with Gasteiger partial charge in [0.15, 0.2) is 0 Å². The Morgan fingerprint density at radius 2 is 1.74 bits per heavy atom. The van der Waals surface area contributed by atoms with Crippen LogP contribution >= 0.6 is 0 Å². The van der Waals surface area contributed by atoms with E-state index in [-0.39, 0.29) is 54.8 Å². The third kappa shape index (κ3) is 10.0. The minimum Gasteiger partial charge on any atom is -0.490 e. The highest BCUT2D eigenvalue weighted by molar-refractivity contribution is 6.00. The van der Waals surface area contributed by atoms with Gasteiger partial charge in [0.1, 0.15) is 5.75 Å². The van der Waals surface area contributed by atoms with Gasteiger partial charge in [-0.15, -0.1) is 0 Å². The van der Waals surface area contributed by atoms with E-state index < -0.39 is 6.04 Å². The highest BCUT2D eigenvalue weighted by Gasteiger charge is 2.32. The highest BCUT2D eigenvalue weighted by atomic mass is 16.5. The van der Waals surface area contributed by atoms with Crippen LogP contribution in [0.25, 0.3) is 0 Å². The molecule has 1 saturated carbocycles. The number of hydrogen-bond acceptors (Lipinski definition) is 6. The van der Waals surface area contributed by atoms with E-state index in [1.165, 1.54) is 6.42 Å². The Kier molecular flexibility index (Phi) is 13.5. The van der Waals surface area contributed by atoms with Gasteiger partial charge in [-0.05, 0) is 69.7 Å². The van der Waals surface area contributed by atoms with Crippen molar-refractivity contribution < 1.29 is 29.0 Å². The molecule has 252 valence electrons. The Balaban J connectivity index is 1.58. The van der Waals surface area contributed by atoms with Crippen molar-refractivity contribution in [2.45, 2.75) is 96.8 Å². The lowest BCUT2D eigenvalue weighted by Gasteiger charge is -2.36. The lowest BCUT2D eigenvalue weighted by Crippen LogP contribution is -2.48. The largest absolute Gasteiger partial charge is 0.490 e. The number of aliphatic hydroxyl groups excluding tert-OH is 1. The van der Waals surface area contributed by atoms with Gasteiger partial charge in [0.05, 0.1) is 36.8 Å². The van der Waals surface area contributed by atoms with Crippen LogP contribution in [0.2, 0.25) is 0 Å². The molecule has 2 aliphatic rings. The van der Waals surface area contributed by atoms with Gasteiger partial charge in [-0.1, -0.05) is 56.5 Å². The maximum absolute atomic E-state index is 14.3. The van der Waals surface area contributed by atoms with Crippen molar-refractivity contribution in [2.24, 2.45) is 11.8 Å². The molecule has 4 rings (SSSR count). The molecule has 2 aromatic carbocycles. The van der Waals surface area contributed by atoms with Crippen LogP contribution in [0, 0.1) is 11.8 Å². The van der Waals surface area contributed by atoms with Crippen LogP contribution in [0.1, 0.15) is 88.1 Å². The van der Waals surface area contributed by atoms with Crippen molar-refractivity contribution in [3.63, 3.8) is 0 Å². The molecule has 1 heterocycles. The number of likely N-dealkylation sites (N-methyl/N-ethyl adjacent to an activating group) is 1. The number of carbonyl (C=O) groups is 3. The number of benzene rings is 2. The predicted molar refractivity (Wildman–Crippen MR) is 180 cm³/mol. The number of amides is 3. The summed E-state index contributed by atoms with van der Waals surface area (Å²) < 4.78 is 12.7. The first kappa shape index (κ1) is 35.4. The van der Waals surface area contributed by atoms with Crippen LogP contribution in [0.15, 0.2) is 48.5 Å². The summed E-state index contributed by atoms with van der Waals surface area (Å²) in [6.07, 6.45) is 7.58. The highest BCUT2D eigenvalue weighted by Crippen LogP contribution is 2.29. The van der Waals surface area contributed by atoms with Crippen LogP contribution in [-0.4, -0.2) is 84.2 Å². The van der Waals surface area contributed by atoms with Crippen LogP contribution in [0.4, 0.5) is 5.69 Å². The third-order valence-electron chi connectivity index (χ3n) is 9.33. The first-order valence-electron chi connectivity index (χ1n) is 17.1. The number of nitrogens with zero attached hydrogens (tertiary/aromatic N) is 2. The van der Waals surface area contributed by atoms with Crippen molar-refractivity contribution in [3.8, 4) is 5.75 Å². The Labute approximate surface area is 274 Å². The van der Waals surface area contributed by atoms with Gasteiger partial charge in [0.2, 0.25) is 11.8 Å². The fraction of sp³-hybridized carbons (Fsp3) is 0.595. The minimum atomic E-state index is -0.480. The predicted octanol–water partition coefficient (Wildman–Crippen LogP) is 5.70. The summed E-state index contributed by atoms with van der Waals surface area (Å²) in [6, 6.07) is 14.2. The van der Waals surface area contributed by atoms with Crippen molar-refractivity contribution in [1.29, 1.82) is 0 Å². The fourth-order valence-corrected chi connectivity index (χ4v) is 6.47. The van der Waals surface area contributed by atoms with Crippen molar-refractivity contribution >= 4 is 23.4 Å². The maximum Gasteiger partial charge on any atom is 0.258 e. The van der Waals surface area contributed by atoms with E-state index in [0.717, 1.165) is 50.5 Å². The van der Waals surface area contributed by atoms with Gasteiger partial charge < -0.3 is 29.7 Å². The number of aliphatic hydroxyl groups is 1. The maximum atomic E-state index is 14.3. The van der Waals surface area contributed by atoms with Crippen LogP contribution in [-0.2, 0) is 20.7 Å². The molecule has 9 heteroatoms. The second-order valence-electron chi connectivity index (χ2n) is 13.3. The molecule has 4 atom stereocenters. The first-order chi connectivity index (χ1) is 22.2. The molecule has 1 fully saturated rings. The Morgan fingerprint density at radius 1 is 1.02 bits per heavy atom. The average Bonchev–Trinajstić information content (AvgIpc) is 3.06. The molecule has 0 aromatic heterocycles. The monoisotopic (exact) mass is 635 g/mol. The fourth-order valence-electron chi connectivity index (χ4n) is 6.47. The number of fused-ring (bicyclic) bond motifs is 1. The van der Waals surface area contributed by atoms with E-state index in [0.29, 0.717) is 36.7 Å². The van der Waals surface area contributed by atoms with Gasteiger partial charge in [-0.25, -0.2) is 0 Å². The zero-order chi connectivity index (χ0) is 33.1. The number of hydrogen-bond donors (Lipinski definition) is 2. The molecule has 0 saturated heterocycles. The standard InChI is InChI=1S/C37H53N3O6/c1-26-23-40(27(2)25-41)37(44)32-22-31(38-35(42)21-29-14-7-5-8-15-29)18-19-33(32)46-28(3)13-11-12-20-45-34(26)24-39(4)36(43)30-16-9-6-10-17-30/h5,7-8,14-15,18-19,22,26-28,30,34,41H,6,9-13,16-17,20-21,23-25H2,1-4H3,(H,38,42)/t26-,27-,28-,34-/m0/s1. The van der Waals surface area contributed by atoms with E-state index in [2.05, 4.69) is 5.32 Å². The Morgan fingerprint density at radius 3 is 2.46 bits per heavy atom. The van der Waals surface area contributed by atoms with E-state index in [1.807, 2.05) is 63.1 Å². The molecular weight excluding hydrogens is 582 g/mol. The quantitative estimate of drug-likeness (QED) is 0.385. The third-order valence-corrected chi connectivity index (χ3v) is 9.33. The molecule has 1 aliphatic carbocycles. The normalized spacial score (nSPS) is 22.6. The topological polar surface area (TPSA) is 108 Å². The summed E-state index contributed by atoms with van der Waals surface area (Å²) in [4.78, 5) is 44.0. The van der Waals surface area contributed by atoms with Crippen LogP contribution in [0.5, 0.6) is 5.75 Å². The van der Waals surface area contributed by atoms with Crippen LogP contribution < -0.4 is 10.1 Å². The molecule has 0 spiro atoms. The molecule has 0 bridgehead atoms. The summed E-state index contributed by atoms with van der Waals surface area (Å²) >= 11 is 0. The van der Waals surface area contributed by atoms with Gasteiger partial charge in [-0.2, -0.15) is 0 Å². The number of anilines is 1. The summed E-state index contributed by atoms with van der Waals surface area (Å²) in [5, 5.41) is 13.2. The van der Waals surface area contributed by atoms with E-state index >= 15 is 0 Å². The SMILES string of the molecule is C[C@H]1CCCCO[C@@H](CN(C)C(=O)C2CCCCC2)[C@@H](C)CN([C@@H](C)CO)C(=O)c2cc(NC(=O)Cc3ccccc3)ccc2O1. The van der Waals surface area contributed by atoms with Gasteiger partial charge in [-0.3, -0.25) is 14.4 Å². The molecule has 2 aromatic rings. The molecule has 1 aliphatic heterocycles. The summed E-state index contributed by atoms with van der Waals surface area (Å²) in [7, 11) is 1.86. The molecule has 3 amide bonds. The van der Waals surface area contributed by atoms with E-state index in [4.69, 9.17) is 9.47 Å². The van der Waals surface area contributed by atoms with Crippen molar-refractivity contribution in [1.82, 2.24) is 9.80 Å². The average molecular weight is 636 g/mol. The lowest BCUT2D eigenvalue weighted by molar-refractivity contribution is -0.138. The molecular formula is C37H53N3O6. The van der Waals surface area contributed by atoms with E-state index in [9.17, 15) is 19.5 Å². The minimum absolute atomic E-state index is 0.0698. The summed E-state index contributed by atoms with van der Waals surface area (Å²) in [5.41, 5.74) is 1.72. The second-order valence-corrected chi connectivity index (χ2v) is 13.3. The van der Waals surface area contributed by atoms with Crippen LogP contribution in [0.3, 0.4) is 0 Å². The van der Waals surface area contributed by atoms with Gasteiger partial charge in [0.25, 0.3) is 5.91 Å². The zero-order valence-electron chi connectivity index (χ0n) is 28.1. The van der Waals surface area contributed by atoms with Gasteiger partial charge in [0, 0.05) is 44.3 Å². The Bertz CT molecular complexity index is 1280. The number of nitrogens with one attached hydrogen (secondary N) is 1. The van der Waals surface area contributed by atoms with Crippen molar-refractivity contribution in [2.75, 3.05) is 38.7 Å². The lowest BCUT2D eigenvalue weighted by atomic mass is 9.88. The van der Waals surface area contributed by atoms with E-state index in [1.54, 1.807) is 23.1 Å². The summed E-state index contributed by atoms with van der Waals surface area (Å²) in [6.45, 7) is 6.94. The first-order valence-corrected chi connectivity index (χ1v) is 17.1. The molecule has 0 radical (unpaired) electrons. The Hall–Kier alpha value is -3.43. The number of rotatable bonds is 8. The van der Waals surface area contributed by atoms with Crippen molar-refractivity contribution in [3.05, 3.63) is 59.7 Å². The smallest absolute Gasteiger partial charge is 0.258 e. The number of ether oxygens (including phenoxy) is 2. The molecule has 0 unspecified atom stereocenters.